The van der Waals surface area contributed by atoms with Crippen molar-refractivity contribution >= 4 is 5.91 Å². The summed E-state index contributed by atoms with van der Waals surface area (Å²) in [6.07, 6.45) is 5.30. The van der Waals surface area contributed by atoms with E-state index in [9.17, 15) is 4.79 Å². The summed E-state index contributed by atoms with van der Waals surface area (Å²) in [7, 11) is 1.66. The molecule has 0 saturated carbocycles. The second-order valence-corrected chi connectivity index (χ2v) is 7.27. The maximum atomic E-state index is 12.7. The number of piperidine rings is 1. The summed E-state index contributed by atoms with van der Waals surface area (Å²) in [5, 5.41) is 0. The quantitative estimate of drug-likeness (QED) is 0.624. The fraction of sp³-hybridized carbons (Fsp3) is 0.292. The lowest BCUT2D eigenvalue weighted by Crippen LogP contribution is -2.41. The molecule has 6 heteroatoms. The molecule has 0 spiro atoms. The van der Waals surface area contributed by atoms with Gasteiger partial charge in [-0.25, -0.2) is 0 Å². The molecule has 0 radical (unpaired) electrons. The molecule has 1 aliphatic rings. The van der Waals surface area contributed by atoms with E-state index < -0.39 is 0 Å². The molecule has 1 aromatic heterocycles. The molecule has 1 amide bonds. The van der Waals surface area contributed by atoms with Gasteiger partial charge in [0, 0.05) is 37.0 Å². The van der Waals surface area contributed by atoms with Gasteiger partial charge in [-0.2, -0.15) is 0 Å². The average molecular weight is 403 g/mol. The fourth-order valence-corrected chi connectivity index (χ4v) is 3.88. The SMILES string of the molecule is COc1ccccc1-c1nccnc1C1CCCN(C(=O)COc2ccccc2)C1. The van der Waals surface area contributed by atoms with Gasteiger partial charge in [-0.3, -0.25) is 14.8 Å². The standard InChI is InChI=1S/C24H25N3O3/c1-29-21-12-6-5-11-20(21)24-23(25-13-14-26-24)18-8-7-15-27(16-18)22(28)17-30-19-9-3-2-4-10-19/h2-6,9-14,18H,7-8,15-17H2,1H3. The van der Waals surface area contributed by atoms with Gasteiger partial charge in [0.15, 0.2) is 6.61 Å². The molecule has 1 fully saturated rings. The summed E-state index contributed by atoms with van der Waals surface area (Å²) >= 11 is 0. The van der Waals surface area contributed by atoms with Crippen LogP contribution in [0.2, 0.25) is 0 Å². The molecule has 2 heterocycles. The molecule has 154 valence electrons. The van der Waals surface area contributed by atoms with Crippen LogP contribution in [-0.4, -0.2) is 47.6 Å². The molecule has 0 bridgehead atoms. The van der Waals surface area contributed by atoms with Crippen molar-refractivity contribution in [1.29, 1.82) is 0 Å². The molecule has 4 rings (SSSR count). The number of benzene rings is 2. The number of likely N-dealkylation sites (tertiary alicyclic amines) is 1. The zero-order chi connectivity index (χ0) is 20.8. The van der Waals surface area contributed by atoms with E-state index in [0.29, 0.717) is 12.3 Å². The van der Waals surface area contributed by atoms with Crippen LogP contribution in [-0.2, 0) is 4.79 Å². The van der Waals surface area contributed by atoms with E-state index in [1.807, 2.05) is 59.5 Å². The number of methoxy groups -OCH3 is 1. The molecular formula is C24H25N3O3. The molecule has 0 N–H and O–H groups in total. The van der Waals surface area contributed by atoms with Crippen molar-refractivity contribution in [2.75, 3.05) is 26.8 Å². The molecule has 30 heavy (non-hydrogen) atoms. The third kappa shape index (κ3) is 4.43. The van der Waals surface area contributed by atoms with Crippen LogP contribution in [0.3, 0.4) is 0 Å². The van der Waals surface area contributed by atoms with Gasteiger partial charge in [-0.1, -0.05) is 30.3 Å². The second-order valence-electron chi connectivity index (χ2n) is 7.27. The van der Waals surface area contributed by atoms with Crippen LogP contribution in [0.15, 0.2) is 67.0 Å². The van der Waals surface area contributed by atoms with Crippen molar-refractivity contribution in [3.05, 3.63) is 72.7 Å². The van der Waals surface area contributed by atoms with E-state index in [4.69, 9.17) is 9.47 Å². The Labute approximate surface area is 176 Å². The lowest BCUT2D eigenvalue weighted by atomic mass is 9.91. The Balaban J connectivity index is 1.50. The number of carbonyl (C=O) groups is 1. The van der Waals surface area contributed by atoms with E-state index in [-0.39, 0.29) is 18.4 Å². The Bertz CT molecular complexity index is 994. The predicted octanol–water partition coefficient (Wildman–Crippen LogP) is 3.94. The summed E-state index contributed by atoms with van der Waals surface area (Å²) in [4.78, 5) is 23.9. The monoisotopic (exact) mass is 403 g/mol. The lowest BCUT2D eigenvalue weighted by Gasteiger charge is -2.33. The molecule has 6 nitrogen and oxygen atoms in total. The summed E-state index contributed by atoms with van der Waals surface area (Å²) in [5.74, 6) is 1.57. The van der Waals surface area contributed by atoms with E-state index in [1.165, 1.54) is 0 Å². The topological polar surface area (TPSA) is 64.6 Å². The van der Waals surface area contributed by atoms with Crippen LogP contribution in [0, 0.1) is 0 Å². The van der Waals surface area contributed by atoms with Crippen LogP contribution in [0.5, 0.6) is 11.5 Å². The van der Waals surface area contributed by atoms with E-state index in [0.717, 1.165) is 42.1 Å². The van der Waals surface area contributed by atoms with Gasteiger partial charge in [0.1, 0.15) is 11.5 Å². The highest BCUT2D eigenvalue weighted by atomic mass is 16.5. The molecule has 3 aromatic rings. The predicted molar refractivity (Wildman–Crippen MR) is 115 cm³/mol. The number of hydrogen-bond donors (Lipinski definition) is 0. The first-order valence-corrected chi connectivity index (χ1v) is 10.2. The number of aromatic nitrogens is 2. The van der Waals surface area contributed by atoms with Gasteiger partial charge in [0.05, 0.1) is 18.5 Å². The zero-order valence-electron chi connectivity index (χ0n) is 17.0. The number of carbonyl (C=O) groups excluding carboxylic acids is 1. The van der Waals surface area contributed by atoms with Crippen molar-refractivity contribution in [2.45, 2.75) is 18.8 Å². The molecular weight excluding hydrogens is 378 g/mol. The normalized spacial score (nSPS) is 16.2. The van der Waals surface area contributed by atoms with Crippen molar-refractivity contribution in [1.82, 2.24) is 14.9 Å². The van der Waals surface area contributed by atoms with E-state index >= 15 is 0 Å². The van der Waals surface area contributed by atoms with E-state index in [1.54, 1.807) is 19.5 Å². The number of para-hydroxylation sites is 2. The van der Waals surface area contributed by atoms with Crippen molar-refractivity contribution < 1.29 is 14.3 Å². The van der Waals surface area contributed by atoms with Gasteiger partial charge >= 0.3 is 0 Å². The third-order valence-corrected chi connectivity index (χ3v) is 5.35. The largest absolute Gasteiger partial charge is 0.496 e. The first kappa shape index (κ1) is 19.9. The summed E-state index contributed by atoms with van der Waals surface area (Å²) in [6, 6.07) is 17.2. The Hall–Kier alpha value is -3.41. The Kier molecular flexibility index (Phi) is 6.23. The number of amides is 1. The Morgan fingerprint density at radius 3 is 2.67 bits per heavy atom. The Morgan fingerprint density at radius 2 is 1.83 bits per heavy atom. The molecule has 1 unspecified atom stereocenters. The highest BCUT2D eigenvalue weighted by Gasteiger charge is 2.28. The first-order valence-electron chi connectivity index (χ1n) is 10.2. The fourth-order valence-electron chi connectivity index (χ4n) is 3.88. The molecule has 1 aliphatic heterocycles. The molecule has 1 saturated heterocycles. The van der Waals surface area contributed by atoms with Crippen LogP contribution in [0.25, 0.3) is 11.3 Å². The smallest absolute Gasteiger partial charge is 0.260 e. The summed E-state index contributed by atoms with van der Waals surface area (Å²) in [6.45, 7) is 1.38. The van der Waals surface area contributed by atoms with Crippen LogP contribution < -0.4 is 9.47 Å². The number of nitrogens with zero attached hydrogens (tertiary/aromatic N) is 3. The van der Waals surface area contributed by atoms with Crippen molar-refractivity contribution in [3.63, 3.8) is 0 Å². The van der Waals surface area contributed by atoms with Crippen LogP contribution >= 0.6 is 0 Å². The van der Waals surface area contributed by atoms with Crippen molar-refractivity contribution in [2.24, 2.45) is 0 Å². The van der Waals surface area contributed by atoms with Crippen molar-refractivity contribution in [3.8, 4) is 22.8 Å². The minimum atomic E-state index is -0.00807. The second kappa shape index (κ2) is 9.39. The average Bonchev–Trinajstić information content (AvgIpc) is 2.83. The molecule has 0 aliphatic carbocycles. The first-order chi connectivity index (χ1) is 14.8. The number of ether oxygens (including phenoxy) is 2. The number of rotatable bonds is 6. The summed E-state index contributed by atoms with van der Waals surface area (Å²) in [5.41, 5.74) is 2.64. The molecule has 1 atom stereocenters. The lowest BCUT2D eigenvalue weighted by molar-refractivity contribution is -0.134. The summed E-state index contributed by atoms with van der Waals surface area (Å²) < 4.78 is 11.2. The highest BCUT2D eigenvalue weighted by molar-refractivity contribution is 5.78. The highest BCUT2D eigenvalue weighted by Crippen LogP contribution is 2.35. The van der Waals surface area contributed by atoms with Gasteiger partial charge in [-0.15, -0.1) is 0 Å². The van der Waals surface area contributed by atoms with Gasteiger partial charge in [0.25, 0.3) is 5.91 Å². The number of hydrogen-bond acceptors (Lipinski definition) is 5. The zero-order valence-corrected chi connectivity index (χ0v) is 17.0. The van der Waals surface area contributed by atoms with E-state index in [2.05, 4.69) is 9.97 Å². The Morgan fingerprint density at radius 1 is 1.07 bits per heavy atom. The minimum Gasteiger partial charge on any atom is -0.496 e. The van der Waals surface area contributed by atoms with Crippen LogP contribution in [0.1, 0.15) is 24.5 Å². The van der Waals surface area contributed by atoms with Gasteiger partial charge < -0.3 is 14.4 Å². The maximum absolute atomic E-state index is 12.7. The minimum absolute atomic E-state index is 0.00807. The van der Waals surface area contributed by atoms with Gasteiger partial charge in [-0.05, 0) is 37.1 Å². The maximum Gasteiger partial charge on any atom is 0.260 e. The third-order valence-electron chi connectivity index (χ3n) is 5.35. The molecule has 2 aromatic carbocycles. The van der Waals surface area contributed by atoms with Crippen LogP contribution in [0.4, 0.5) is 0 Å². The van der Waals surface area contributed by atoms with Gasteiger partial charge in [0.2, 0.25) is 0 Å².